The minimum atomic E-state index is -0.0436. The van der Waals surface area contributed by atoms with Gasteiger partial charge in [-0.2, -0.15) is 0 Å². The van der Waals surface area contributed by atoms with Gasteiger partial charge in [-0.25, -0.2) is 0 Å². The number of nitrogens with one attached hydrogen (secondary N) is 1. The summed E-state index contributed by atoms with van der Waals surface area (Å²) in [6.45, 7) is 6.54. The van der Waals surface area contributed by atoms with Crippen molar-refractivity contribution in [3.05, 3.63) is 53.3 Å². The Morgan fingerprint density at radius 2 is 1.96 bits per heavy atom. The number of aryl methyl sites for hydroxylation is 2. The maximum atomic E-state index is 12.5. The Morgan fingerprint density at radius 3 is 2.74 bits per heavy atom. The zero-order valence-corrected chi connectivity index (χ0v) is 13.5. The van der Waals surface area contributed by atoms with Gasteiger partial charge in [0.1, 0.15) is 5.69 Å². The van der Waals surface area contributed by atoms with Gasteiger partial charge in [0.2, 0.25) is 0 Å². The fourth-order valence-electron chi connectivity index (χ4n) is 2.58. The predicted molar refractivity (Wildman–Crippen MR) is 90.2 cm³/mol. The number of nitrogens with zero attached hydrogens (tertiary/aromatic N) is 2. The number of benzene rings is 1. The summed E-state index contributed by atoms with van der Waals surface area (Å²) in [5.74, 6) is -0.0436. The first-order chi connectivity index (χ1) is 11.1. The molecule has 1 amide bonds. The molecule has 5 heteroatoms. The second kappa shape index (κ2) is 6.79. The molecule has 1 saturated heterocycles. The van der Waals surface area contributed by atoms with Crippen LogP contribution in [0.25, 0.3) is 0 Å². The highest BCUT2D eigenvalue weighted by molar-refractivity contribution is 5.93. The molecule has 1 aliphatic heterocycles. The zero-order valence-electron chi connectivity index (χ0n) is 13.5. The van der Waals surface area contributed by atoms with E-state index in [2.05, 4.69) is 42.3 Å². The van der Waals surface area contributed by atoms with Crippen LogP contribution in [0, 0.1) is 13.8 Å². The number of amides is 1. The summed E-state index contributed by atoms with van der Waals surface area (Å²) < 4.78 is 5.29. The van der Waals surface area contributed by atoms with Crippen molar-refractivity contribution >= 4 is 17.3 Å². The molecular weight excluding hydrogens is 290 g/mol. The third-order valence-corrected chi connectivity index (χ3v) is 3.95. The minimum absolute atomic E-state index is 0.0436. The Labute approximate surface area is 136 Å². The molecule has 23 heavy (non-hydrogen) atoms. The summed E-state index contributed by atoms with van der Waals surface area (Å²) in [5, 5.41) is 3.38. The Morgan fingerprint density at radius 1 is 1.17 bits per heavy atom. The third-order valence-electron chi connectivity index (χ3n) is 3.95. The molecule has 1 aromatic carbocycles. The first kappa shape index (κ1) is 15.5. The van der Waals surface area contributed by atoms with Gasteiger partial charge in [0.25, 0.3) is 5.91 Å². The van der Waals surface area contributed by atoms with Crippen LogP contribution >= 0.6 is 0 Å². The van der Waals surface area contributed by atoms with Gasteiger partial charge < -0.3 is 15.0 Å². The van der Waals surface area contributed by atoms with Crippen molar-refractivity contribution in [3.63, 3.8) is 0 Å². The predicted octanol–water partition coefficient (Wildman–Crippen LogP) is 2.91. The molecule has 0 radical (unpaired) electrons. The average molecular weight is 311 g/mol. The molecule has 1 aliphatic rings. The number of carbonyl (C=O) groups excluding carboxylic acids is 1. The van der Waals surface area contributed by atoms with Crippen LogP contribution in [0.3, 0.4) is 0 Å². The molecular formula is C18H21N3O2. The third kappa shape index (κ3) is 3.68. The average Bonchev–Trinajstić information content (AvgIpc) is 2.58. The highest BCUT2D eigenvalue weighted by Crippen LogP contribution is 2.22. The van der Waals surface area contributed by atoms with Gasteiger partial charge in [-0.05, 0) is 43.2 Å². The second-order valence-corrected chi connectivity index (χ2v) is 5.78. The number of hydrogen-bond donors (Lipinski definition) is 1. The number of aromatic nitrogens is 1. The number of morpholine rings is 1. The maximum absolute atomic E-state index is 12.5. The summed E-state index contributed by atoms with van der Waals surface area (Å²) in [4.78, 5) is 18.5. The number of pyridine rings is 1. The molecule has 2 aromatic rings. The van der Waals surface area contributed by atoms with E-state index in [-0.39, 0.29) is 5.91 Å². The van der Waals surface area contributed by atoms with Crippen LogP contribution in [0.15, 0.2) is 36.5 Å². The van der Waals surface area contributed by atoms with Crippen LogP contribution in [0.2, 0.25) is 0 Å². The normalized spacial score (nSPS) is 14.6. The highest BCUT2D eigenvalue weighted by Gasteiger charge is 2.19. The standard InChI is InChI=1S/C18H21N3O2/c1-13-3-4-14(2)16(11-13)20-15-5-6-19-17(12-15)18(22)21-7-9-23-10-8-21/h3-6,11-12H,7-10H2,1-2H3,(H,19,20). The molecule has 1 aromatic heterocycles. The smallest absolute Gasteiger partial charge is 0.272 e. The van der Waals surface area contributed by atoms with Crippen molar-refractivity contribution < 1.29 is 9.53 Å². The molecule has 120 valence electrons. The Kier molecular flexibility index (Phi) is 4.57. The van der Waals surface area contributed by atoms with Crippen molar-refractivity contribution in [1.82, 2.24) is 9.88 Å². The lowest BCUT2D eigenvalue weighted by molar-refractivity contribution is 0.0299. The van der Waals surface area contributed by atoms with Crippen molar-refractivity contribution in [2.45, 2.75) is 13.8 Å². The second-order valence-electron chi connectivity index (χ2n) is 5.78. The molecule has 0 spiro atoms. The molecule has 5 nitrogen and oxygen atoms in total. The van der Waals surface area contributed by atoms with E-state index in [1.807, 2.05) is 6.07 Å². The first-order valence-corrected chi connectivity index (χ1v) is 7.81. The van der Waals surface area contributed by atoms with Gasteiger partial charge in [-0.15, -0.1) is 0 Å². The molecule has 3 rings (SSSR count). The van der Waals surface area contributed by atoms with Gasteiger partial charge in [0.05, 0.1) is 13.2 Å². The number of hydrogen-bond acceptors (Lipinski definition) is 4. The monoisotopic (exact) mass is 311 g/mol. The lowest BCUT2D eigenvalue weighted by atomic mass is 10.1. The van der Waals surface area contributed by atoms with Crippen LogP contribution in [0.4, 0.5) is 11.4 Å². The molecule has 0 saturated carbocycles. The van der Waals surface area contributed by atoms with Gasteiger partial charge >= 0.3 is 0 Å². The summed E-state index contributed by atoms with van der Waals surface area (Å²) in [7, 11) is 0. The number of anilines is 2. The molecule has 2 heterocycles. The van der Waals surface area contributed by atoms with Crippen molar-refractivity contribution in [3.8, 4) is 0 Å². The van der Waals surface area contributed by atoms with Crippen LogP contribution in [0.5, 0.6) is 0 Å². The molecule has 0 unspecified atom stereocenters. The highest BCUT2D eigenvalue weighted by atomic mass is 16.5. The largest absolute Gasteiger partial charge is 0.378 e. The Bertz CT molecular complexity index is 709. The molecule has 0 atom stereocenters. The first-order valence-electron chi connectivity index (χ1n) is 7.81. The molecule has 0 aliphatic carbocycles. The topological polar surface area (TPSA) is 54.5 Å². The summed E-state index contributed by atoms with van der Waals surface area (Å²) in [6, 6.07) is 9.94. The van der Waals surface area contributed by atoms with Gasteiger partial charge in [0, 0.05) is 30.7 Å². The fourth-order valence-corrected chi connectivity index (χ4v) is 2.58. The number of rotatable bonds is 3. The number of ether oxygens (including phenoxy) is 1. The summed E-state index contributed by atoms with van der Waals surface area (Å²) >= 11 is 0. The van der Waals surface area contributed by atoms with Gasteiger partial charge in [0.15, 0.2) is 0 Å². The van der Waals surface area contributed by atoms with Crippen LogP contribution in [0.1, 0.15) is 21.6 Å². The van der Waals surface area contributed by atoms with E-state index < -0.39 is 0 Å². The number of carbonyl (C=O) groups is 1. The maximum Gasteiger partial charge on any atom is 0.272 e. The van der Waals surface area contributed by atoms with Crippen LogP contribution < -0.4 is 5.32 Å². The molecule has 0 bridgehead atoms. The zero-order chi connectivity index (χ0) is 16.2. The molecule has 1 N–H and O–H groups in total. The van der Waals surface area contributed by atoms with Gasteiger partial charge in [-0.3, -0.25) is 9.78 Å². The van der Waals surface area contributed by atoms with E-state index in [1.165, 1.54) is 5.56 Å². The lowest BCUT2D eigenvalue weighted by Crippen LogP contribution is -2.41. The van der Waals surface area contributed by atoms with E-state index in [9.17, 15) is 4.79 Å². The Balaban J connectivity index is 1.79. The van der Waals surface area contributed by atoms with Crippen LogP contribution in [-0.4, -0.2) is 42.1 Å². The van der Waals surface area contributed by atoms with E-state index in [1.54, 1.807) is 17.2 Å². The SMILES string of the molecule is Cc1ccc(C)c(Nc2ccnc(C(=O)N3CCOCC3)c2)c1. The fraction of sp³-hybridized carbons (Fsp3) is 0.333. The summed E-state index contributed by atoms with van der Waals surface area (Å²) in [6.07, 6.45) is 1.67. The van der Waals surface area contributed by atoms with Crippen molar-refractivity contribution in [2.75, 3.05) is 31.6 Å². The van der Waals surface area contributed by atoms with Crippen molar-refractivity contribution in [1.29, 1.82) is 0 Å². The minimum Gasteiger partial charge on any atom is -0.378 e. The lowest BCUT2D eigenvalue weighted by Gasteiger charge is -2.26. The van der Waals surface area contributed by atoms with Crippen LogP contribution in [-0.2, 0) is 4.74 Å². The van der Waals surface area contributed by atoms with E-state index in [0.29, 0.717) is 32.0 Å². The van der Waals surface area contributed by atoms with Crippen molar-refractivity contribution in [2.24, 2.45) is 0 Å². The van der Waals surface area contributed by atoms with Gasteiger partial charge in [-0.1, -0.05) is 12.1 Å². The molecule has 1 fully saturated rings. The summed E-state index contributed by atoms with van der Waals surface area (Å²) in [5.41, 5.74) is 4.72. The van der Waals surface area contributed by atoms with E-state index in [0.717, 1.165) is 16.9 Å². The van der Waals surface area contributed by atoms with E-state index in [4.69, 9.17) is 4.74 Å². The Hall–Kier alpha value is -2.40. The van der Waals surface area contributed by atoms with E-state index >= 15 is 0 Å². The quantitative estimate of drug-likeness (QED) is 0.947.